The normalized spacial score (nSPS) is 13.7. The molecule has 1 aromatic rings. The van der Waals surface area contributed by atoms with E-state index in [9.17, 15) is 4.39 Å². The number of hydrazine groups is 1. The lowest BCUT2D eigenvalue weighted by Gasteiger charge is -2.25. The number of aryl methyl sites for hydroxylation is 2. The van der Waals surface area contributed by atoms with Crippen LogP contribution < -0.4 is 11.3 Å². The van der Waals surface area contributed by atoms with Gasteiger partial charge in [0.15, 0.2) is 0 Å². The molecule has 0 spiro atoms. The van der Waals surface area contributed by atoms with E-state index in [2.05, 4.69) is 5.43 Å². The molecule has 0 amide bonds. The van der Waals surface area contributed by atoms with E-state index in [4.69, 9.17) is 10.6 Å². The second-order valence-electron chi connectivity index (χ2n) is 5.62. The summed E-state index contributed by atoms with van der Waals surface area (Å²) in [6.07, 6.45) is 0. The Labute approximate surface area is 108 Å². The summed E-state index contributed by atoms with van der Waals surface area (Å²) in [5.41, 5.74) is 4.72. The second-order valence-corrected chi connectivity index (χ2v) is 5.62. The van der Waals surface area contributed by atoms with Crippen LogP contribution in [0.3, 0.4) is 0 Å². The third kappa shape index (κ3) is 4.05. The minimum atomic E-state index is -0.343. The first kappa shape index (κ1) is 15.1. The highest BCUT2D eigenvalue weighted by molar-refractivity contribution is 5.34. The molecule has 1 rings (SSSR count). The van der Waals surface area contributed by atoms with Gasteiger partial charge in [-0.25, -0.2) is 4.39 Å². The third-order valence-corrected chi connectivity index (χ3v) is 2.71. The number of benzene rings is 1. The summed E-state index contributed by atoms with van der Waals surface area (Å²) in [6, 6.07) is 3.12. The van der Waals surface area contributed by atoms with Crippen LogP contribution in [0.25, 0.3) is 0 Å². The van der Waals surface area contributed by atoms with Gasteiger partial charge >= 0.3 is 0 Å². The van der Waals surface area contributed by atoms with Crippen molar-refractivity contribution in [2.24, 2.45) is 5.84 Å². The molecule has 0 fully saturated rings. The molecule has 1 aromatic carbocycles. The van der Waals surface area contributed by atoms with E-state index in [1.54, 1.807) is 0 Å². The fraction of sp³-hybridized carbons (Fsp3) is 0.571. The second kappa shape index (κ2) is 5.78. The summed E-state index contributed by atoms with van der Waals surface area (Å²) in [6.45, 7) is 9.96. The number of halogens is 1. The summed E-state index contributed by atoms with van der Waals surface area (Å²) >= 11 is 0. The molecule has 0 aromatic heterocycles. The van der Waals surface area contributed by atoms with Crippen LogP contribution in [0.5, 0.6) is 0 Å². The Morgan fingerprint density at radius 3 is 2.39 bits per heavy atom. The van der Waals surface area contributed by atoms with Gasteiger partial charge in [0.25, 0.3) is 0 Å². The smallest absolute Gasteiger partial charge is 0.128 e. The van der Waals surface area contributed by atoms with Crippen LogP contribution in [0.15, 0.2) is 12.1 Å². The molecule has 4 heteroatoms. The van der Waals surface area contributed by atoms with Crippen LogP contribution in [-0.2, 0) is 4.74 Å². The van der Waals surface area contributed by atoms with E-state index in [1.165, 1.54) is 6.07 Å². The van der Waals surface area contributed by atoms with Crippen molar-refractivity contribution in [1.29, 1.82) is 0 Å². The maximum atomic E-state index is 14.0. The number of hydrogen-bond donors (Lipinski definition) is 2. The standard InChI is InChI=1S/C14H23FN2O/c1-9-6-10(2)13(11(15)7-9)12(17-16)8-18-14(3,4)5/h6-7,12,17H,8,16H2,1-5H3. The Kier molecular flexibility index (Phi) is 4.85. The van der Waals surface area contributed by atoms with Crippen molar-refractivity contribution in [3.63, 3.8) is 0 Å². The first-order valence-corrected chi connectivity index (χ1v) is 6.11. The van der Waals surface area contributed by atoms with E-state index in [0.717, 1.165) is 11.1 Å². The predicted octanol–water partition coefficient (Wildman–Crippen LogP) is 2.76. The van der Waals surface area contributed by atoms with Crippen LogP contribution in [0.2, 0.25) is 0 Å². The molecule has 0 saturated carbocycles. The highest BCUT2D eigenvalue weighted by Gasteiger charge is 2.20. The van der Waals surface area contributed by atoms with Crippen molar-refractivity contribution in [3.05, 3.63) is 34.6 Å². The first-order chi connectivity index (χ1) is 8.24. The van der Waals surface area contributed by atoms with Gasteiger partial charge in [0, 0.05) is 5.56 Å². The molecular formula is C14H23FN2O. The van der Waals surface area contributed by atoms with Gasteiger partial charge < -0.3 is 4.74 Å². The van der Waals surface area contributed by atoms with Gasteiger partial charge in [0.1, 0.15) is 5.82 Å². The summed E-state index contributed by atoms with van der Waals surface area (Å²) in [4.78, 5) is 0. The molecule has 0 heterocycles. The third-order valence-electron chi connectivity index (χ3n) is 2.71. The Morgan fingerprint density at radius 1 is 1.33 bits per heavy atom. The lowest BCUT2D eigenvalue weighted by atomic mass is 9.99. The van der Waals surface area contributed by atoms with Crippen molar-refractivity contribution in [2.45, 2.75) is 46.3 Å². The minimum absolute atomic E-state index is 0.243. The Balaban J connectivity index is 2.95. The fourth-order valence-electron chi connectivity index (χ4n) is 1.92. The summed E-state index contributed by atoms with van der Waals surface area (Å²) in [5.74, 6) is 5.27. The Bertz CT molecular complexity index is 390. The molecule has 1 atom stereocenters. The lowest BCUT2D eigenvalue weighted by molar-refractivity contribution is -0.0153. The minimum Gasteiger partial charge on any atom is -0.374 e. The van der Waals surface area contributed by atoms with Gasteiger partial charge in [-0.1, -0.05) is 6.07 Å². The SMILES string of the molecule is Cc1cc(C)c(C(COC(C)(C)C)NN)c(F)c1. The van der Waals surface area contributed by atoms with E-state index in [1.807, 2.05) is 40.7 Å². The largest absolute Gasteiger partial charge is 0.374 e. The van der Waals surface area contributed by atoms with Gasteiger partial charge in [-0.15, -0.1) is 0 Å². The molecule has 18 heavy (non-hydrogen) atoms. The number of ether oxygens (including phenoxy) is 1. The van der Waals surface area contributed by atoms with Crippen molar-refractivity contribution in [1.82, 2.24) is 5.43 Å². The fourth-order valence-corrected chi connectivity index (χ4v) is 1.92. The quantitative estimate of drug-likeness (QED) is 0.641. The van der Waals surface area contributed by atoms with Crippen LogP contribution in [0.1, 0.15) is 43.5 Å². The lowest BCUT2D eigenvalue weighted by Crippen LogP contribution is -2.35. The Hall–Kier alpha value is -0.970. The number of hydrogen-bond acceptors (Lipinski definition) is 3. The molecule has 0 aliphatic carbocycles. The summed E-state index contributed by atoms with van der Waals surface area (Å²) in [5, 5.41) is 0. The van der Waals surface area contributed by atoms with Crippen LogP contribution in [0.4, 0.5) is 4.39 Å². The van der Waals surface area contributed by atoms with Crippen molar-refractivity contribution < 1.29 is 9.13 Å². The summed E-state index contributed by atoms with van der Waals surface area (Å²) in [7, 11) is 0. The van der Waals surface area contributed by atoms with Crippen molar-refractivity contribution in [2.75, 3.05) is 6.61 Å². The summed E-state index contributed by atoms with van der Waals surface area (Å²) < 4.78 is 19.7. The van der Waals surface area contributed by atoms with E-state index >= 15 is 0 Å². The van der Waals surface area contributed by atoms with Gasteiger partial charge in [-0.05, 0) is 51.8 Å². The molecule has 3 nitrogen and oxygen atoms in total. The molecular weight excluding hydrogens is 231 g/mol. The highest BCUT2D eigenvalue weighted by atomic mass is 19.1. The van der Waals surface area contributed by atoms with Gasteiger partial charge in [-0.2, -0.15) is 0 Å². The first-order valence-electron chi connectivity index (χ1n) is 6.11. The maximum Gasteiger partial charge on any atom is 0.128 e. The zero-order valence-electron chi connectivity index (χ0n) is 11.8. The monoisotopic (exact) mass is 254 g/mol. The number of nitrogens with one attached hydrogen (secondary N) is 1. The number of nitrogens with two attached hydrogens (primary N) is 1. The molecule has 102 valence electrons. The Morgan fingerprint density at radius 2 is 1.94 bits per heavy atom. The average molecular weight is 254 g/mol. The highest BCUT2D eigenvalue weighted by Crippen LogP contribution is 2.24. The predicted molar refractivity (Wildman–Crippen MR) is 71.6 cm³/mol. The van der Waals surface area contributed by atoms with Crippen LogP contribution in [-0.4, -0.2) is 12.2 Å². The zero-order chi connectivity index (χ0) is 13.9. The van der Waals surface area contributed by atoms with Gasteiger partial charge in [0.05, 0.1) is 18.2 Å². The molecule has 3 N–H and O–H groups in total. The average Bonchev–Trinajstić information content (AvgIpc) is 2.20. The topological polar surface area (TPSA) is 47.3 Å². The molecule has 0 aliphatic rings. The van der Waals surface area contributed by atoms with Crippen molar-refractivity contribution in [3.8, 4) is 0 Å². The maximum absolute atomic E-state index is 14.0. The molecule has 0 radical (unpaired) electrons. The van der Waals surface area contributed by atoms with Gasteiger partial charge in [-0.3, -0.25) is 11.3 Å². The van der Waals surface area contributed by atoms with Gasteiger partial charge in [0.2, 0.25) is 0 Å². The van der Waals surface area contributed by atoms with E-state index in [-0.39, 0.29) is 17.5 Å². The van der Waals surface area contributed by atoms with Crippen LogP contribution >= 0.6 is 0 Å². The van der Waals surface area contributed by atoms with E-state index in [0.29, 0.717) is 12.2 Å². The molecule has 0 bridgehead atoms. The van der Waals surface area contributed by atoms with E-state index < -0.39 is 0 Å². The molecule has 0 aliphatic heterocycles. The molecule has 1 unspecified atom stereocenters. The number of rotatable bonds is 4. The zero-order valence-corrected chi connectivity index (χ0v) is 11.8. The molecule has 0 saturated heterocycles. The van der Waals surface area contributed by atoms with Crippen LogP contribution in [0, 0.1) is 19.7 Å². The van der Waals surface area contributed by atoms with Crippen molar-refractivity contribution >= 4 is 0 Å².